The fraction of sp³-hybridized carbons (Fsp3) is 0.278. The number of carbonyl (C=O) groups is 1. The number of hydrogen-bond donors (Lipinski definition) is 1. The number of benzene rings is 2. The summed E-state index contributed by atoms with van der Waals surface area (Å²) in [4.78, 5) is 11.5. The second-order valence-electron chi connectivity index (χ2n) is 5.84. The van der Waals surface area contributed by atoms with Crippen LogP contribution in [0.2, 0.25) is 0 Å². The van der Waals surface area contributed by atoms with Gasteiger partial charge in [0.2, 0.25) is 5.91 Å². The Balaban J connectivity index is 1.76. The Labute approximate surface area is 152 Å². The highest BCUT2D eigenvalue weighted by molar-refractivity contribution is 7.87. The van der Waals surface area contributed by atoms with Gasteiger partial charge in [0.25, 0.3) is 0 Å². The van der Waals surface area contributed by atoms with Crippen molar-refractivity contribution in [3.8, 4) is 5.75 Å². The first-order valence-electron chi connectivity index (χ1n) is 8.00. The number of alkyl halides is 1. The van der Waals surface area contributed by atoms with Crippen LogP contribution < -0.4 is 9.50 Å². The Morgan fingerprint density at radius 2 is 1.84 bits per heavy atom. The Kier molecular flexibility index (Phi) is 5.30. The maximum atomic E-state index is 12.4. The van der Waals surface area contributed by atoms with Crippen LogP contribution in [0.15, 0.2) is 47.4 Å². The van der Waals surface area contributed by atoms with Crippen molar-refractivity contribution in [2.75, 3.05) is 11.2 Å². The molecule has 0 spiro atoms. The summed E-state index contributed by atoms with van der Waals surface area (Å²) in [5, 5.41) is 2.75. The van der Waals surface area contributed by atoms with Crippen LogP contribution in [-0.4, -0.2) is 20.2 Å². The van der Waals surface area contributed by atoms with Crippen LogP contribution in [0.3, 0.4) is 0 Å². The number of hydrogen-bond acceptors (Lipinski definition) is 4. The maximum absolute atomic E-state index is 12.4. The Bertz CT molecular complexity index is 878. The molecule has 1 aliphatic heterocycles. The second kappa shape index (κ2) is 7.45. The molecule has 7 heteroatoms. The van der Waals surface area contributed by atoms with Crippen LogP contribution >= 0.6 is 11.6 Å². The van der Waals surface area contributed by atoms with Crippen molar-refractivity contribution in [2.45, 2.75) is 30.6 Å². The van der Waals surface area contributed by atoms with Crippen LogP contribution in [0, 0.1) is 0 Å². The first kappa shape index (κ1) is 17.8. The van der Waals surface area contributed by atoms with Crippen molar-refractivity contribution >= 4 is 33.3 Å². The van der Waals surface area contributed by atoms with E-state index in [2.05, 4.69) is 5.32 Å². The van der Waals surface area contributed by atoms with E-state index in [1.165, 1.54) is 18.2 Å². The van der Waals surface area contributed by atoms with E-state index in [0.717, 1.165) is 24.0 Å². The molecule has 5 nitrogen and oxygen atoms in total. The highest BCUT2D eigenvalue weighted by atomic mass is 35.5. The van der Waals surface area contributed by atoms with Gasteiger partial charge >= 0.3 is 10.1 Å². The normalized spacial score (nSPS) is 13.9. The number of rotatable bonds is 6. The zero-order valence-corrected chi connectivity index (χ0v) is 15.1. The van der Waals surface area contributed by atoms with E-state index >= 15 is 0 Å². The zero-order chi connectivity index (χ0) is 17.9. The van der Waals surface area contributed by atoms with Crippen molar-refractivity contribution in [3.05, 3.63) is 53.6 Å². The van der Waals surface area contributed by atoms with Gasteiger partial charge in [-0.2, -0.15) is 8.42 Å². The third-order valence-corrected chi connectivity index (χ3v) is 5.52. The predicted molar refractivity (Wildman–Crippen MR) is 96.7 cm³/mol. The van der Waals surface area contributed by atoms with Gasteiger partial charge in [-0.3, -0.25) is 4.79 Å². The molecule has 1 N–H and O–H groups in total. The minimum atomic E-state index is -3.90. The van der Waals surface area contributed by atoms with Gasteiger partial charge in [-0.25, -0.2) is 0 Å². The molecular weight excluding hydrogens is 362 g/mol. The monoisotopic (exact) mass is 379 g/mol. The smallest absolute Gasteiger partial charge is 0.339 e. The number of halogens is 1. The molecule has 2 aromatic carbocycles. The Hall–Kier alpha value is -2.05. The molecule has 0 saturated carbocycles. The van der Waals surface area contributed by atoms with Gasteiger partial charge in [0, 0.05) is 18.0 Å². The largest absolute Gasteiger partial charge is 0.379 e. The number of amides is 1. The standard InChI is InChI=1S/C18H18ClNO4S/c19-11-1-2-13-3-7-16(8-4-13)25(22,23)24-15-6-9-17-14(12-15)5-10-18(21)20-17/h3-4,6-9,12H,1-2,5,10-11H2,(H,20,21). The zero-order valence-electron chi connectivity index (χ0n) is 13.5. The molecule has 25 heavy (non-hydrogen) atoms. The minimum Gasteiger partial charge on any atom is -0.379 e. The molecule has 3 rings (SSSR count). The lowest BCUT2D eigenvalue weighted by atomic mass is 10.0. The van der Waals surface area contributed by atoms with Crippen molar-refractivity contribution in [1.29, 1.82) is 0 Å². The lowest BCUT2D eigenvalue weighted by Crippen LogP contribution is -2.19. The number of nitrogens with one attached hydrogen (secondary N) is 1. The quantitative estimate of drug-likeness (QED) is 0.615. The molecule has 0 aliphatic carbocycles. The fourth-order valence-electron chi connectivity index (χ4n) is 2.68. The number of fused-ring (bicyclic) bond motifs is 1. The second-order valence-corrected chi connectivity index (χ2v) is 7.77. The van der Waals surface area contributed by atoms with E-state index < -0.39 is 10.1 Å². The SMILES string of the molecule is O=C1CCc2cc(OS(=O)(=O)c3ccc(CCCCl)cc3)ccc2N1. The lowest BCUT2D eigenvalue weighted by molar-refractivity contribution is -0.116. The molecule has 132 valence electrons. The lowest BCUT2D eigenvalue weighted by Gasteiger charge is -2.17. The van der Waals surface area contributed by atoms with Gasteiger partial charge in [0.05, 0.1) is 0 Å². The van der Waals surface area contributed by atoms with Crippen LogP contribution in [0.5, 0.6) is 5.75 Å². The summed E-state index contributed by atoms with van der Waals surface area (Å²) in [5.74, 6) is 0.770. The van der Waals surface area contributed by atoms with Gasteiger partial charge in [0.1, 0.15) is 10.6 Å². The molecule has 0 saturated heterocycles. The van der Waals surface area contributed by atoms with Crippen molar-refractivity contribution in [3.63, 3.8) is 0 Å². The van der Waals surface area contributed by atoms with Gasteiger partial charge < -0.3 is 9.50 Å². The van der Waals surface area contributed by atoms with Gasteiger partial charge in [0.15, 0.2) is 0 Å². The molecule has 1 heterocycles. The van der Waals surface area contributed by atoms with Crippen molar-refractivity contribution < 1.29 is 17.4 Å². The van der Waals surface area contributed by atoms with Gasteiger partial charge in [-0.1, -0.05) is 12.1 Å². The highest BCUT2D eigenvalue weighted by Gasteiger charge is 2.19. The van der Waals surface area contributed by atoms with Crippen molar-refractivity contribution in [2.24, 2.45) is 0 Å². The molecule has 0 unspecified atom stereocenters. The third kappa shape index (κ3) is 4.32. The third-order valence-electron chi connectivity index (χ3n) is 3.99. The molecule has 0 radical (unpaired) electrons. The molecule has 0 fully saturated rings. The maximum Gasteiger partial charge on any atom is 0.339 e. The number of anilines is 1. The molecule has 0 bridgehead atoms. The van der Waals surface area contributed by atoms with E-state index in [-0.39, 0.29) is 16.6 Å². The van der Waals surface area contributed by atoms with Crippen molar-refractivity contribution in [1.82, 2.24) is 0 Å². The Morgan fingerprint density at radius 3 is 2.56 bits per heavy atom. The van der Waals surface area contributed by atoms with Crippen LogP contribution in [-0.2, 0) is 27.8 Å². The average molecular weight is 380 g/mol. The minimum absolute atomic E-state index is 0.0388. The molecule has 0 aromatic heterocycles. The molecule has 2 aromatic rings. The van der Waals surface area contributed by atoms with Crippen LogP contribution in [0.4, 0.5) is 5.69 Å². The highest BCUT2D eigenvalue weighted by Crippen LogP contribution is 2.28. The molecule has 1 amide bonds. The number of carbonyl (C=O) groups excluding carboxylic acids is 1. The van der Waals surface area contributed by atoms with E-state index in [1.807, 2.05) is 0 Å². The predicted octanol–water partition coefficient (Wildman–Crippen LogP) is 3.51. The summed E-state index contributed by atoms with van der Waals surface area (Å²) in [7, 11) is -3.90. The summed E-state index contributed by atoms with van der Waals surface area (Å²) in [5.41, 5.74) is 2.59. The first-order valence-corrected chi connectivity index (χ1v) is 9.94. The van der Waals surface area contributed by atoms with Gasteiger partial charge in [-0.05, 0) is 60.7 Å². The molecule has 1 aliphatic rings. The summed E-state index contributed by atoms with van der Waals surface area (Å²) in [6, 6.07) is 11.5. The van der Waals surface area contributed by atoms with Crippen LogP contribution in [0.25, 0.3) is 0 Å². The summed E-state index contributed by atoms with van der Waals surface area (Å²) >= 11 is 5.66. The molecular formula is C18H18ClNO4S. The van der Waals surface area contributed by atoms with E-state index in [9.17, 15) is 13.2 Å². The molecule has 0 atom stereocenters. The van der Waals surface area contributed by atoms with E-state index in [4.69, 9.17) is 15.8 Å². The van der Waals surface area contributed by atoms with E-state index in [1.54, 1.807) is 24.3 Å². The van der Waals surface area contributed by atoms with Gasteiger partial charge in [-0.15, -0.1) is 11.6 Å². The topological polar surface area (TPSA) is 72.5 Å². The van der Waals surface area contributed by atoms with Crippen LogP contribution in [0.1, 0.15) is 24.0 Å². The fourth-order valence-corrected chi connectivity index (χ4v) is 3.74. The number of aryl methyl sites for hydroxylation is 2. The van der Waals surface area contributed by atoms with E-state index in [0.29, 0.717) is 24.4 Å². The summed E-state index contributed by atoms with van der Waals surface area (Å²) < 4.78 is 30.1. The summed E-state index contributed by atoms with van der Waals surface area (Å²) in [6.45, 7) is 0. The average Bonchev–Trinajstić information content (AvgIpc) is 2.60. The first-order chi connectivity index (χ1) is 12.0. The summed E-state index contributed by atoms with van der Waals surface area (Å²) in [6.07, 6.45) is 2.59. The Morgan fingerprint density at radius 1 is 1.08 bits per heavy atom.